The molecule has 1 aromatic carbocycles. The number of likely N-dealkylation sites (tertiary alicyclic amines) is 1. The topological polar surface area (TPSA) is 15.3 Å². The highest BCUT2D eigenvalue weighted by Crippen LogP contribution is 2.51. The van der Waals surface area contributed by atoms with Gasteiger partial charge in [-0.05, 0) is 54.5 Å². The summed E-state index contributed by atoms with van der Waals surface area (Å²) >= 11 is 5.94. The SMILES string of the molecule is CCC(C)CNCC1C2CN(Cc3ccc(Cl)cc3)CC12. The zero-order chi connectivity index (χ0) is 14.8. The van der Waals surface area contributed by atoms with Crippen LogP contribution >= 0.6 is 11.6 Å². The van der Waals surface area contributed by atoms with Crippen LogP contribution in [0.4, 0.5) is 0 Å². The van der Waals surface area contributed by atoms with Gasteiger partial charge in [0.1, 0.15) is 0 Å². The molecule has 0 bridgehead atoms. The number of fused-ring (bicyclic) bond motifs is 1. The molecule has 0 aromatic heterocycles. The van der Waals surface area contributed by atoms with Crippen LogP contribution in [0.5, 0.6) is 0 Å². The third-order valence-electron chi connectivity index (χ3n) is 5.34. The number of nitrogens with zero attached hydrogens (tertiary/aromatic N) is 1. The number of halogens is 1. The van der Waals surface area contributed by atoms with Gasteiger partial charge in [-0.3, -0.25) is 4.90 Å². The molecule has 3 atom stereocenters. The van der Waals surface area contributed by atoms with Gasteiger partial charge in [-0.15, -0.1) is 0 Å². The van der Waals surface area contributed by atoms with Crippen LogP contribution < -0.4 is 5.32 Å². The summed E-state index contributed by atoms with van der Waals surface area (Å²) in [6, 6.07) is 8.29. The molecule has 2 nitrogen and oxygen atoms in total. The maximum Gasteiger partial charge on any atom is 0.0406 e. The Kier molecular flexibility index (Phi) is 4.88. The molecule has 2 aliphatic rings. The molecule has 3 unspecified atom stereocenters. The van der Waals surface area contributed by atoms with Gasteiger partial charge < -0.3 is 5.32 Å². The summed E-state index contributed by atoms with van der Waals surface area (Å²) in [7, 11) is 0. The van der Waals surface area contributed by atoms with Gasteiger partial charge in [-0.25, -0.2) is 0 Å². The van der Waals surface area contributed by atoms with Crippen molar-refractivity contribution in [3.8, 4) is 0 Å². The Hall–Kier alpha value is -0.570. The average molecular weight is 307 g/mol. The smallest absolute Gasteiger partial charge is 0.0406 e. The minimum absolute atomic E-state index is 0.810. The van der Waals surface area contributed by atoms with Crippen molar-refractivity contribution >= 4 is 11.6 Å². The fraction of sp³-hybridized carbons (Fsp3) is 0.667. The molecule has 0 amide bonds. The van der Waals surface area contributed by atoms with Crippen LogP contribution in [-0.2, 0) is 6.54 Å². The summed E-state index contributed by atoms with van der Waals surface area (Å²) in [6.07, 6.45) is 1.28. The van der Waals surface area contributed by atoms with Gasteiger partial charge in [0.15, 0.2) is 0 Å². The summed E-state index contributed by atoms with van der Waals surface area (Å²) in [5.41, 5.74) is 1.38. The Morgan fingerprint density at radius 3 is 2.52 bits per heavy atom. The van der Waals surface area contributed by atoms with E-state index in [1.807, 2.05) is 12.1 Å². The molecule has 21 heavy (non-hydrogen) atoms. The van der Waals surface area contributed by atoms with Crippen LogP contribution in [0.15, 0.2) is 24.3 Å². The molecule has 3 heteroatoms. The summed E-state index contributed by atoms with van der Waals surface area (Å²) in [5.74, 6) is 3.64. The number of benzene rings is 1. The molecule has 116 valence electrons. The zero-order valence-corrected chi connectivity index (χ0v) is 13.9. The van der Waals surface area contributed by atoms with Gasteiger partial charge in [-0.2, -0.15) is 0 Å². The second-order valence-corrected chi connectivity index (χ2v) is 7.42. The molecular formula is C18H27ClN2. The van der Waals surface area contributed by atoms with Gasteiger partial charge in [0, 0.05) is 24.7 Å². The molecule has 1 saturated carbocycles. The third kappa shape index (κ3) is 3.80. The van der Waals surface area contributed by atoms with E-state index in [9.17, 15) is 0 Å². The van der Waals surface area contributed by atoms with Crippen LogP contribution in [0.3, 0.4) is 0 Å². The van der Waals surface area contributed by atoms with Crippen molar-refractivity contribution in [2.24, 2.45) is 23.7 Å². The Bertz CT molecular complexity index is 447. The van der Waals surface area contributed by atoms with E-state index in [0.29, 0.717) is 0 Å². The predicted octanol–water partition coefficient (Wildman–Crippen LogP) is 3.65. The molecule has 1 aromatic rings. The second-order valence-electron chi connectivity index (χ2n) is 6.98. The van der Waals surface area contributed by atoms with Crippen LogP contribution in [0.1, 0.15) is 25.8 Å². The standard InChI is InChI=1S/C18H27ClN2/c1-3-13(2)8-20-9-16-17-11-21(12-18(16)17)10-14-4-6-15(19)7-5-14/h4-7,13,16-18,20H,3,8-12H2,1-2H3. The van der Waals surface area contributed by atoms with Crippen LogP contribution in [-0.4, -0.2) is 31.1 Å². The third-order valence-corrected chi connectivity index (χ3v) is 5.59. The minimum atomic E-state index is 0.810. The normalized spacial score (nSPS) is 29.4. The lowest BCUT2D eigenvalue weighted by atomic mass is 10.1. The fourth-order valence-corrected chi connectivity index (χ4v) is 3.78. The number of hydrogen-bond acceptors (Lipinski definition) is 2. The van der Waals surface area contributed by atoms with Gasteiger partial charge in [0.05, 0.1) is 0 Å². The first-order chi connectivity index (χ1) is 10.2. The number of piperidine rings is 1. The summed E-state index contributed by atoms with van der Waals surface area (Å²) in [5, 5.41) is 4.49. The molecule has 1 heterocycles. The molecule has 1 aliphatic carbocycles. The molecule has 1 aliphatic heterocycles. The fourth-order valence-electron chi connectivity index (χ4n) is 3.66. The van der Waals surface area contributed by atoms with E-state index in [2.05, 4.69) is 36.2 Å². The molecule has 0 radical (unpaired) electrons. The maximum absolute atomic E-state index is 5.94. The Morgan fingerprint density at radius 2 is 1.90 bits per heavy atom. The monoisotopic (exact) mass is 306 g/mol. The summed E-state index contributed by atoms with van der Waals surface area (Å²) in [6.45, 7) is 10.7. The average Bonchev–Trinajstić information content (AvgIpc) is 2.94. The van der Waals surface area contributed by atoms with E-state index in [0.717, 1.165) is 35.2 Å². The molecule has 0 spiro atoms. The molecule has 3 rings (SSSR count). The lowest BCUT2D eigenvalue weighted by Gasteiger charge is -2.20. The number of rotatable bonds is 7. The highest BCUT2D eigenvalue weighted by molar-refractivity contribution is 6.30. The predicted molar refractivity (Wildman–Crippen MR) is 89.5 cm³/mol. The highest BCUT2D eigenvalue weighted by Gasteiger charge is 2.54. The zero-order valence-electron chi connectivity index (χ0n) is 13.2. The van der Waals surface area contributed by atoms with E-state index in [1.54, 1.807) is 0 Å². The first-order valence-corrected chi connectivity index (χ1v) is 8.72. The Labute approximate surface area is 133 Å². The van der Waals surface area contributed by atoms with Crippen molar-refractivity contribution in [3.63, 3.8) is 0 Å². The van der Waals surface area contributed by atoms with Crippen molar-refractivity contribution in [2.75, 3.05) is 26.2 Å². The first kappa shape index (κ1) is 15.3. The van der Waals surface area contributed by atoms with Crippen molar-refractivity contribution in [2.45, 2.75) is 26.8 Å². The molecule has 2 fully saturated rings. The van der Waals surface area contributed by atoms with Crippen LogP contribution in [0, 0.1) is 23.7 Å². The van der Waals surface area contributed by atoms with E-state index in [1.165, 1.54) is 38.2 Å². The van der Waals surface area contributed by atoms with Crippen molar-refractivity contribution < 1.29 is 0 Å². The largest absolute Gasteiger partial charge is 0.316 e. The molecular weight excluding hydrogens is 280 g/mol. The quantitative estimate of drug-likeness (QED) is 0.827. The van der Waals surface area contributed by atoms with Gasteiger partial charge in [-0.1, -0.05) is 44.0 Å². The van der Waals surface area contributed by atoms with E-state index >= 15 is 0 Å². The van der Waals surface area contributed by atoms with Gasteiger partial charge in [0.25, 0.3) is 0 Å². The highest BCUT2D eigenvalue weighted by atomic mass is 35.5. The van der Waals surface area contributed by atoms with Crippen LogP contribution in [0.25, 0.3) is 0 Å². The first-order valence-electron chi connectivity index (χ1n) is 8.35. The van der Waals surface area contributed by atoms with E-state index in [4.69, 9.17) is 11.6 Å². The van der Waals surface area contributed by atoms with Gasteiger partial charge >= 0.3 is 0 Å². The maximum atomic E-state index is 5.94. The summed E-state index contributed by atoms with van der Waals surface area (Å²) in [4.78, 5) is 2.60. The Balaban J connectivity index is 1.37. The van der Waals surface area contributed by atoms with Crippen molar-refractivity contribution in [1.82, 2.24) is 10.2 Å². The van der Waals surface area contributed by atoms with Crippen molar-refractivity contribution in [3.05, 3.63) is 34.9 Å². The van der Waals surface area contributed by atoms with E-state index in [-0.39, 0.29) is 0 Å². The van der Waals surface area contributed by atoms with Crippen molar-refractivity contribution in [1.29, 1.82) is 0 Å². The lowest BCUT2D eigenvalue weighted by molar-refractivity contribution is 0.274. The van der Waals surface area contributed by atoms with E-state index < -0.39 is 0 Å². The summed E-state index contributed by atoms with van der Waals surface area (Å²) < 4.78 is 0. The van der Waals surface area contributed by atoms with Gasteiger partial charge in [0.2, 0.25) is 0 Å². The Morgan fingerprint density at radius 1 is 1.24 bits per heavy atom. The number of nitrogens with one attached hydrogen (secondary N) is 1. The molecule has 1 saturated heterocycles. The second kappa shape index (κ2) is 6.68. The molecule has 1 N–H and O–H groups in total. The minimum Gasteiger partial charge on any atom is -0.316 e. The van der Waals surface area contributed by atoms with Crippen LogP contribution in [0.2, 0.25) is 5.02 Å². The lowest BCUT2D eigenvalue weighted by Crippen LogP contribution is -2.29. The number of hydrogen-bond donors (Lipinski definition) is 1.